The van der Waals surface area contributed by atoms with Gasteiger partial charge in [-0.15, -0.1) is 0 Å². The molecule has 5 atom stereocenters. The summed E-state index contributed by atoms with van der Waals surface area (Å²) in [6.07, 6.45) is 16.7. The number of aliphatic hydroxyl groups is 1. The van der Waals surface area contributed by atoms with Gasteiger partial charge in [0, 0.05) is 0 Å². The molecule has 184 valence electrons. The minimum absolute atomic E-state index is 0.00394. The Bertz CT molecular complexity index is 490. The number of unbranched alkanes of at least 4 members (excludes halogenated alkanes) is 7. The van der Waals surface area contributed by atoms with Gasteiger partial charge in [0.25, 0.3) is 0 Å². The van der Waals surface area contributed by atoms with Gasteiger partial charge in [0.1, 0.15) is 0 Å². The van der Waals surface area contributed by atoms with Gasteiger partial charge in [-0.1, -0.05) is 79.1 Å². The van der Waals surface area contributed by atoms with E-state index in [4.69, 9.17) is 13.9 Å². The molecule has 0 aromatic carbocycles. The molecular formula is C26H52O4Si. The standard InChI is InChI=1S/C26H52O4Si/c1-7-8-9-10-11-12-13-14-15-25(30-31(5,6)26(2,3)4)24-19-18-23(29-24)22-17-16-21(20-27)28-22/h21-25,27H,7-20H2,1-6H3/t21-,22+,23+,24-,25-/m1/s1. The molecule has 2 heterocycles. The largest absolute Gasteiger partial charge is 0.411 e. The highest BCUT2D eigenvalue weighted by Gasteiger charge is 2.44. The number of hydrogen-bond donors (Lipinski definition) is 1. The molecule has 0 spiro atoms. The van der Waals surface area contributed by atoms with Crippen molar-refractivity contribution in [2.45, 2.75) is 160 Å². The number of hydrogen-bond acceptors (Lipinski definition) is 4. The smallest absolute Gasteiger partial charge is 0.192 e. The Kier molecular flexibility index (Phi) is 11.5. The van der Waals surface area contributed by atoms with Crippen LogP contribution in [0.5, 0.6) is 0 Å². The third-order valence-electron chi connectivity index (χ3n) is 7.85. The fraction of sp³-hybridized carbons (Fsp3) is 1.00. The fourth-order valence-electron chi connectivity index (χ4n) is 4.73. The Morgan fingerprint density at radius 3 is 2.03 bits per heavy atom. The van der Waals surface area contributed by atoms with E-state index in [0.29, 0.717) is 0 Å². The maximum atomic E-state index is 9.39. The van der Waals surface area contributed by atoms with Crippen molar-refractivity contribution >= 4 is 8.32 Å². The molecule has 0 aromatic heterocycles. The van der Waals surface area contributed by atoms with Crippen molar-refractivity contribution in [2.75, 3.05) is 6.61 Å². The van der Waals surface area contributed by atoms with Crippen molar-refractivity contribution < 1.29 is 19.0 Å². The van der Waals surface area contributed by atoms with E-state index in [-0.39, 0.29) is 42.2 Å². The molecule has 4 nitrogen and oxygen atoms in total. The third kappa shape index (κ3) is 8.73. The van der Waals surface area contributed by atoms with Crippen molar-refractivity contribution in [3.63, 3.8) is 0 Å². The van der Waals surface area contributed by atoms with Crippen LogP contribution in [-0.4, -0.2) is 50.6 Å². The van der Waals surface area contributed by atoms with Crippen LogP contribution < -0.4 is 0 Å². The molecule has 31 heavy (non-hydrogen) atoms. The molecular weight excluding hydrogens is 404 g/mol. The van der Waals surface area contributed by atoms with Crippen LogP contribution in [0.3, 0.4) is 0 Å². The van der Waals surface area contributed by atoms with Gasteiger partial charge in [-0.25, -0.2) is 0 Å². The zero-order valence-electron chi connectivity index (χ0n) is 21.5. The minimum Gasteiger partial charge on any atom is -0.411 e. The zero-order chi connectivity index (χ0) is 22.9. The van der Waals surface area contributed by atoms with Crippen LogP contribution in [-0.2, 0) is 13.9 Å². The topological polar surface area (TPSA) is 47.9 Å². The molecule has 2 fully saturated rings. The lowest BCUT2D eigenvalue weighted by Gasteiger charge is -2.41. The fourth-order valence-corrected chi connectivity index (χ4v) is 6.11. The summed E-state index contributed by atoms with van der Waals surface area (Å²) >= 11 is 0. The quantitative estimate of drug-likeness (QED) is 0.226. The summed E-state index contributed by atoms with van der Waals surface area (Å²) in [5, 5.41) is 9.60. The zero-order valence-corrected chi connectivity index (χ0v) is 22.5. The monoisotopic (exact) mass is 456 g/mol. The summed E-state index contributed by atoms with van der Waals surface area (Å²) < 4.78 is 19.5. The molecule has 2 rings (SSSR count). The van der Waals surface area contributed by atoms with E-state index in [2.05, 4.69) is 40.8 Å². The average Bonchev–Trinajstić information content (AvgIpc) is 3.37. The highest BCUT2D eigenvalue weighted by Crippen LogP contribution is 2.40. The second-order valence-corrected chi connectivity index (χ2v) is 16.3. The summed E-state index contributed by atoms with van der Waals surface area (Å²) in [4.78, 5) is 0. The molecule has 0 aliphatic carbocycles. The van der Waals surface area contributed by atoms with Crippen LogP contribution in [0.25, 0.3) is 0 Å². The maximum Gasteiger partial charge on any atom is 0.192 e. The van der Waals surface area contributed by atoms with Crippen molar-refractivity contribution in [1.29, 1.82) is 0 Å². The van der Waals surface area contributed by atoms with Gasteiger partial charge in [0.15, 0.2) is 8.32 Å². The van der Waals surface area contributed by atoms with Crippen LogP contribution in [0.2, 0.25) is 18.1 Å². The lowest BCUT2D eigenvalue weighted by Crippen LogP contribution is -2.47. The molecule has 0 unspecified atom stereocenters. The lowest BCUT2D eigenvalue weighted by molar-refractivity contribution is -0.0958. The van der Waals surface area contributed by atoms with E-state index < -0.39 is 8.32 Å². The van der Waals surface area contributed by atoms with Crippen molar-refractivity contribution in [1.82, 2.24) is 0 Å². The SMILES string of the molecule is CCCCCCCCCC[C@@H](O[Si](C)(C)C(C)(C)C)[C@H]1CC[C@@H]([C@@H]2CC[C@H](CO)O2)O1. The molecule has 0 saturated carbocycles. The highest BCUT2D eigenvalue weighted by molar-refractivity contribution is 6.74. The molecule has 2 saturated heterocycles. The molecule has 5 heteroatoms. The normalized spacial score (nSPS) is 28.4. The summed E-state index contributed by atoms with van der Waals surface area (Å²) in [5.74, 6) is 0. The van der Waals surface area contributed by atoms with E-state index in [0.717, 1.165) is 32.1 Å². The summed E-state index contributed by atoms with van der Waals surface area (Å²) in [6, 6.07) is 0. The maximum absolute atomic E-state index is 9.39. The first kappa shape index (κ1) is 27.3. The first-order valence-electron chi connectivity index (χ1n) is 13.3. The van der Waals surface area contributed by atoms with Crippen LogP contribution >= 0.6 is 0 Å². The molecule has 0 amide bonds. The predicted octanol–water partition coefficient (Wildman–Crippen LogP) is 7.00. The molecule has 0 radical (unpaired) electrons. The molecule has 1 N–H and O–H groups in total. The van der Waals surface area contributed by atoms with Gasteiger partial charge in [-0.2, -0.15) is 0 Å². The van der Waals surface area contributed by atoms with E-state index in [1.54, 1.807) is 0 Å². The summed E-state index contributed by atoms with van der Waals surface area (Å²) in [5.41, 5.74) is 0. The van der Waals surface area contributed by atoms with Crippen molar-refractivity contribution in [3.8, 4) is 0 Å². The van der Waals surface area contributed by atoms with Gasteiger partial charge in [0.05, 0.1) is 37.1 Å². The summed E-state index contributed by atoms with van der Waals surface area (Å²) in [6.45, 7) is 14.1. The lowest BCUT2D eigenvalue weighted by atomic mass is 10.0. The van der Waals surface area contributed by atoms with E-state index in [9.17, 15) is 5.11 Å². The van der Waals surface area contributed by atoms with Crippen molar-refractivity contribution in [3.05, 3.63) is 0 Å². The molecule has 2 aliphatic rings. The van der Waals surface area contributed by atoms with Crippen LogP contribution in [0, 0.1) is 0 Å². The second kappa shape index (κ2) is 13.1. The van der Waals surface area contributed by atoms with E-state index >= 15 is 0 Å². The molecule has 0 bridgehead atoms. The van der Waals surface area contributed by atoms with Crippen molar-refractivity contribution in [2.24, 2.45) is 0 Å². The first-order valence-corrected chi connectivity index (χ1v) is 16.2. The van der Waals surface area contributed by atoms with Gasteiger partial charge in [0.2, 0.25) is 0 Å². The van der Waals surface area contributed by atoms with Gasteiger partial charge in [-0.3, -0.25) is 0 Å². The number of rotatable bonds is 14. The Morgan fingerprint density at radius 1 is 0.871 bits per heavy atom. The number of ether oxygens (including phenoxy) is 2. The first-order chi connectivity index (χ1) is 14.7. The Hall–Kier alpha value is 0.0569. The Morgan fingerprint density at radius 2 is 1.45 bits per heavy atom. The third-order valence-corrected chi connectivity index (χ3v) is 12.4. The van der Waals surface area contributed by atoms with E-state index in [1.807, 2.05) is 0 Å². The van der Waals surface area contributed by atoms with Crippen LogP contribution in [0.4, 0.5) is 0 Å². The predicted molar refractivity (Wildman–Crippen MR) is 132 cm³/mol. The Balaban J connectivity index is 1.86. The number of aliphatic hydroxyl groups excluding tert-OH is 1. The second-order valence-electron chi connectivity index (χ2n) is 11.5. The highest BCUT2D eigenvalue weighted by atomic mass is 28.4. The molecule has 0 aromatic rings. The minimum atomic E-state index is -1.84. The average molecular weight is 457 g/mol. The van der Waals surface area contributed by atoms with Crippen LogP contribution in [0.15, 0.2) is 0 Å². The van der Waals surface area contributed by atoms with E-state index in [1.165, 1.54) is 51.4 Å². The van der Waals surface area contributed by atoms with Gasteiger partial charge >= 0.3 is 0 Å². The Labute approximate surface area is 193 Å². The molecule has 2 aliphatic heterocycles. The van der Waals surface area contributed by atoms with Gasteiger partial charge in [-0.05, 0) is 50.2 Å². The summed E-state index contributed by atoms with van der Waals surface area (Å²) in [7, 11) is -1.84. The van der Waals surface area contributed by atoms with Crippen LogP contribution in [0.1, 0.15) is 111 Å². The van der Waals surface area contributed by atoms with Gasteiger partial charge < -0.3 is 19.0 Å².